The van der Waals surface area contributed by atoms with Crippen LogP contribution in [-0.4, -0.2) is 37.4 Å². The molecule has 1 unspecified atom stereocenters. The minimum absolute atomic E-state index is 0.142. The van der Waals surface area contributed by atoms with Crippen molar-refractivity contribution >= 4 is 17.7 Å². The van der Waals surface area contributed by atoms with Gasteiger partial charge in [0.1, 0.15) is 5.82 Å². The van der Waals surface area contributed by atoms with E-state index in [0.29, 0.717) is 12.6 Å². The molecule has 6 heteroatoms. The summed E-state index contributed by atoms with van der Waals surface area (Å²) in [5.74, 6) is 1.14. The van der Waals surface area contributed by atoms with Crippen molar-refractivity contribution in [2.45, 2.75) is 56.1 Å². The Labute approximate surface area is 146 Å². The van der Waals surface area contributed by atoms with Gasteiger partial charge in [-0.05, 0) is 44.2 Å². The molecule has 2 aliphatic rings. The summed E-state index contributed by atoms with van der Waals surface area (Å²) in [5, 5.41) is 9.23. The fourth-order valence-electron chi connectivity index (χ4n) is 3.33. The summed E-state index contributed by atoms with van der Waals surface area (Å²) in [4.78, 5) is 14.8. The maximum Gasteiger partial charge on any atom is 0.236 e. The lowest BCUT2D eigenvalue weighted by Crippen LogP contribution is -2.40. The van der Waals surface area contributed by atoms with E-state index in [1.807, 2.05) is 24.8 Å². The second-order valence-electron chi connectivity index (χ2n) is 6.67. The molecule has 1 atom stereocenters. The Balaban J connectivity index is 1.45. The van der Waals surface area contributed by atoms with Gasteiger partial charge >= 0.3 is 0 Å². The van der Waals surface area contributed by atoms with Crippen molar-refractivity contribution < 1.29 is 4.79 Å². The molecule has 126 valence electrons. The first-order valence-corrected chi connectivity index (χ1v) is 9.45. The maximum atomic E-state index is 12.9. The summed E-state index contributed by atoms with van der Waals surface area (Å²) in [7, 11) is 0. The standard InChI is InChI=1S/C18H22N4OS/c1-12(24-18-20-19-13(2)22(18)16-7-8-16)17(23)21-10-9-14-5-3-4-6-15(14)11-21/h3-6,12,16H,7-11H2,1-2H3. The average molecular weight is 342 g/mol. The number of hydrogen-bond donors (Lipinski definition) is 0. The predicted octanol–water partition coefficient (Wildman–Crippen LogP) is 2.99. The van der Waals surface area contributed by atoms with Gasteiger partial charge in [0, 0.05) is 19.1 Å². The summed E-state index contributed by atoms with van der Waals surface area (Å²) in [6.45, 7) is 5.49. The Kier molecular flexibility index (Phi) is 4.08. The molecule has 1 amide bonds. The first-order chi connectivity index (χ1) is 11.6. The van der Waals surface area contributed by atoms with Crippen LogP contribution in [0.5, 0.6) is 0 Å². The predicted molar refractivity (Wildman–Crippen MR) is 93.9 cm³/mol. The van der Waals surface area contributed by atoms with Crippen molar-refractivity contribution in [1.82, 2.24) is 19.7 Å². The maximum absolute atomic E-state index is 12.9. The topological polar surface area (TPSA) is 51.0 Å². The second-order valence-corrected chi connectivity index (χ2v) is 7.98. The Bertz CT molecular complexity index is 768. The number of nitrogens with zero attached hydrogens (tertiary/aromatic N) is 4. The SMILES string of the molecule is Cc1nnc(SC(C)C(=O)N2CCc3ccccc3C2)n1C1CC1. The number of amides is 1. The zero-order chi connectivity index (χ0) is 16.7. The number of aromatic nitrogens is 3. The third kappa shape index (κ3) is 2.95. The van der Waals surface area contributed by atoms with Gasteiger partial charge in [-0.2, -0.15) is 0 Å². The van der Waals surface area contributed by atoms with E-state index in [1.165, 1.54) is 24.0 Å². The zero-order valence-electron chi connectivity index (χ0n) is 14.1. The monoisotopic (exact) mass is 342 g/mol. The Morgan fingerprint density at radius 1 is 1.25 bits per heavy atom. The third-order valence-corrected chi connectivity index (χ3v) is 5.86. The highest BCUT2D eigenvalue weighted by Crippen LogP contribution is 2.39. The van der Waals surface area contributed by atoms with Gasteiger partial charge in [-0.3, -0.25) is 4.79 Å². The number of benzene rings is 1. The molecule has 1 aliphatic carbocycles. The summed E-state index contributed by atoms with van der Waals surface area (Å²) < 4.78 is 2.19. The molecule has 0 bridgehead atoms. The molecule has 1 fully saturated rings. The van der Waals surface area contributed by atoms with E-state index in [9.17, 15) is 4.79 Å². The number of fused-ring (bicyclic) bond motifs is 1. The highest BCUT2D eigenvalue weighted by atomic mass is 32.2. The number of carbonyl (C=O) groups excluding carboxylic acids is 1. The van der Waals surface area contributed by atoms with Crippen LogP contribution in [0.3, 0.4) is 0 Å². The van der Waals surface area contributed by atoms with E-state index in [1.54, 1.807) is 11.8 Å². The fourth-order valence-corrected chi connectivity index (χ4v) is 4.38. The van der Waals surface area contributed by atoms with Crippen molar-refractivity contribution in [3.05, 3.63) is 41.2 Å². The van der Waals surface area contributed by atoms with Gasteiger partial charge < -0.3 is 9.47 Å². The minimum atomic E-state index is -0.142. The highest BCUT2D eigenvalue weighted by molar-refractivity contribution is 8.00. The van der Waals surface area contributed by atoms with Crippen LogP contribution >= 0.6 is 11.8 Å². The van der Waals surface area contributed by atoms with Gasteiger partial charge in [-0.25, -0.2) is 0 Å². The number of carbonyl (C=O) groups is 1. The molecule has 24 heavy (non-hydrogen) atoms. The van der Waals surface area contributed by atoms with E-state index >= 15 is 0 Å². The lowest BCUT2D eigenvalue weighted by Gasteiger charge is -2.30. The third-order valence-electron chi connectivity index (χ3n) is 4.82. The number of aryl methyl sites for hydroxylation is 1. The molecule has 1 aliphatic heterocycles. The van der Waals surface area contributed by atoms with Crippen molar-refractivity contribution in [1.29, 1.82) is 0 Å². The molecule has 1 aromatic heterocycles. The number of hydrogen-bond acceptors (Lipinski definition) is 4. The smallest absolute Gasteiger partial charge is 0.236 e. The summed E-state index contributed by atoms with van der Waals surface area (Å²) in [6.07, 6.45) is 3.33. The first-order valence-electron chi connectivity index (χ1n) is 8.57. The van der Waals surface area contributed by atoms with Crippen molar-refractivity contribution in [3.63, 3.8) is 0 Å². The molecular weight excluding hydrogens is 320 g/mol. The average Bonchev–Trinajstić information content (AvgIpc) is 3.37. The fraction of sp³-hybridized carbons (Fsp3) is 0.500. The molecule has 4 rings (SSSR count). The number of thioether (sulfide) groups is 1. The Morgan fingerprint density at radius 2 is 2.00 bits per heavy atom. The minimum Gasteiger partial charge on any atom is -0.337 e. The molecule has 0 radical (unpaired) electrons. The van der Waals surface area contributed by atoms with Crippen molar-refractivity contribution in [2.24, 2.45) is 0 Å². The Morgan fingerprint density at radius 3 is 2.75 bits per heavy atom. The lowest BCUT2D eigenvalue weighted by atomic mass is 10.00. The molecule has 5 nitrogen and oxygen atoms in total. The van der Waals surface area contributed by atoms with Crippen LogP contribution in [0.1, 0.15) is 42.8 Å². The molecule has 0 spiro atoms. The molecule has 2 aromatic rings. The largest absolute Gasteiger partial charge is 0.337 e. The Hall–Kier alpha value is -1.82. The van der Waals surface area contributed by atoms with E-state index in [-0.39, 0.29) is 11.2 Å². The van der Waals surface area contributed by atoms with Crippen molar-refractivity contribution in [3.8, 4) is 0 Å². The summed E-state index contributed by atoms with van der Waals surface area (Å²) in [6, 6.07) is 8.94. The highest BCUT2D eigenvalue weighted by Gasteiger charge is 2.31. The second kappa shape index (κ2) is 6.24. The normalized spacial score (nSPS) is 18.3. The van der Waals surface area contributed by atoms with Gasteiger partial charge in [0.05, 0.1) is 5.25 Å². The van der Waals surface area contributed by atoms with Gasteiger partial charge in [0.25, 0.3) is 0 Å². The van der Waals surface area contributed by atoms with Crippen molar-refractivity contribution in [2.75, 3.05) is 6.54 Å². The first kappa shape index (κ1) is 15.7. The van der Waals surface area contributed by atoms with Crippen LogP contribution < -0.4 is 0 Å². The van der Waals surface area contributed by atoms with Gasteiger partial charge in [-0.1, -0.05) is 36.0 Å². The molecule has 2 heterocycles. The molecule has 1 aromatic carbocycles. The van der Waals surface area contributed by atoms with E-state index < -0.39 is 0 Å². The van der Waals surface area contributed by atoms with Crippen LogP contribution in [0.15, 0.2) is 29.4 Å². The van der Waals surface area contributed by atoms with Gasteiger partial charge in [-0.15, -0.1) is 10.2 Å². The molecule has 1 saturated carbocycles. The van der Waals surface area contributed by atoms with Crippen LogP contribution in [0.4, 0.5) is 0 Å². The summed E-state index contributed by atoms with van der Waals surface area (Å²) >= 11 is 1.54. The van der Waals surface area contributed by atoms with E-state index in [4.69, 9.17) is 0 Å². The molecule has 0 saturated heterocycles. The molecular formula is C18H22N4OS. The molecule has 0 N–H and O–H groups in total. The zero-order valence-corrected chi connectivity index (χ0v) is 14.9. The van der Waals surface area contributed by atoms with Gasteiger partial charge in [0.15, 0.2) is 5.16 Å². The van der Waals surface area contributed by atoms with Crippen LogP contribution in [0, 0.1) is 6.92 Å². The summed E-state index contributed by atoms with van der Waals surface area (Å²) in [5.41, 5.74) is 2.64. The number of rotatable bonds is 4. The van der Waals surface area contributed by atoms with Crippen LogP contribution in [-0.2, 0) is 17.8 Å². The van der Waals surface area contributed by atoms with E-state index in [2.05, 4.69) is 33.0 Å². The van der Waals surface area contributed by atoms with Crippen LogP contribution in [0.25, 0.3) is 0 Å². The lowest BCUT2D eigenvalue weighted by molar-refractivity contribution is -0.131. The quantitative estimate of drug-likeness (QED) is 0.802. The van der Waals surface area contributed by atoms with E-state index in [0.717, 1.165) is 23.9 Å². The van der Waals surface area contributed by atoms with Crippen LogP contribution in [0.2, 0.25) is 0 Å². The van der Waals surface area contributed by atoms with Gasteiger partial charge in [0.2, 0.25) is 5.91 Å².